The Morgan fingerprint density at radius 3 is 2.45 bits per heavy atom. The molecule has 2 rings (SSSR count). The fourth-order valence-corrected chi connectivity index (χ4v) is 5.43. The molecule has 5 atom stereocenters. The summed E-state index contributed by atoms with van der Waals surface area (Å²) in [5.41, 5.74) is 1.72. The van der Waals surface area contributed by atoms with Crippen LogP contribution in [0.25, 0.3) is 0 Å². The highest BCUT2D eigenvalue weighted by molar-refractivity contribution is 5.18. The first-order valence-corrected chi connectivity index (χ1v) is 9.08. The van der Waals surface area contributed by atoms with E-state index in [1.807, 2.05) is 6.08 Å². The highest BCUT2D eigenvalue weighted by atomic mass is 14.5. The molecule has 0 heterocycles. The summed E-state index contributed by atoms with van der Waals surface area (Å²) in [5, 5.41) is 0. The Bertz CT molecular complexity index is 338. The Balaban J connectivity index is 2.20. The Morgan fingerprint density at radius 2 is 1.85 bits per heavy atom. The number of rotatable bonds is 5. The quantitative estimate of drug-likeness (QED) is 0.545. The molecule has 0 spiro atoms. The average Bonchev–Trinajstić information content (AvgIpc) is 2.48. The van der Waals surface area contributed by atoms with Gasteiger partial charge in [-0.25, -0.2) is 0 Å². The molecule has 0 radical (unpaired) electrons. The zero-order chi connectivity index (χ0) is 14.5. The van der Waals surface area contributed by atoms with E-state index >= 15 is 0 Å². The predicted octanol–water partition coefficient (Wildman–Crippen LogP) is 6.39. The molecule has 2 aliphatic rings. The molecular formula is C20H34. The molecule has 0 aromatic heterocycles. The molecule has 20 heavy (non-hydrogen) atoms. The van der Waals surface area contributed by atoms with Crippen LogP contribution in [0.3, 0.4) is 0 Å². The third-order valence-corrected chi connectivity index (χ3v) is 6.26. The second-order valence-corrected chi connectivity index (χ2v) is 7.06. The third kappa shape index (κ3) is 3.05. The van der Waals surface area contributed by atoms with E-state index < -0.39 is 0 Å². The lowest BCUT2D eigenvalue weighted by molar-refractivity contribution is 0.0317. The number of hydrogen-bond acceptors (Lipinski definition) is 0. The molecule has 2 fully saturated rings. The molecule has 2 aliphatic carbocycles. The summed E-state index contributed by atoms with van der Waals surface area (Å²) in [7, 11) is 0. The summed E-state index contributed by atoms with van der Waals surface area (Å²) in [4.78, 5) is 0. The van der Waals surface area contributed by atoms with Gasteiger partial charge in [-0.2, -0.15) is 0 Å². The van der Waals surface area contributed by atoms with E-state index in [-0.39, 0.29) is 0 Å². The fourth-order valence-electron chi connectivity index (χ4n) is 5.43. The van der Waals surface area contributed by atoms with Crippen molar-refractivity contribution in [1.82, 2.24) is 0 Å². The van der Waals surface area contributed by atoms with Gasteiger partial charge < -0.3 is 0 Å². The van der Waals surface area contributed by atoms with Crippen molar-refractivity contribution in [3.63, 3.8) is 0 Å². The van der Waals surface area contributed by atoms with Crippen LogP contribution in [0.1, 0.15) is 72.1 Å². The van der Waals surface area contributed by atoms with Gasteiger partial charge in [-0.05, 0) is 61.7 Å². The van der Waals surface area contributed by atoms with Crippen LogP contribution in [0.15, 0.2) is 24.3 Å². The average molecular weight is 274 g/mol. The standard InChI is InChI=1S/C20H34/c1-5-9-16-12-14-19-17(8-4)15(7-3)11-13-20(19)18(16)10-6-2/h5,9,15,17-20H,1,6-8,10-14H2,2-4H3/b16-9-. The van der Waals surface area contributed by atoms with E-state index in [4.69, 9.17) is 0 Å². The van der Waals surface area contributed by atoms with Crippen LogP contribution < -0.4 is 0 Å². The van der Waals surface area contributed by atoms with Crippen molar-refractivity contribution in [3.8, 4) is 0 Å². The Hall–Kier alpha value is -0.520. The van der Waals surface area contributed by atoms with Crippen molar-refractivity contribution in [2.24, 2.45) is 29.6 Å². The van der Waals surface area contributed by atoms with Crippen molar-refractivity contribution in [1.29, 1.82) is 0 Å². The Morgan fingerprint density at radius 1 is 1.05 bits per heavy atom. The molecule has 0 saturated heterocycles. The van der Waals surface area contributed by atoms with Crippen LogP contribution >= 0.6 is 0 Å². The van der Waals surface area contributed by atoms with Crippen LogP contribution in [-0.4, -0.2) is 0 Å². The van der Waals surface area contributed by atoms with Crippen molar-refractivity contribution in [2.45, 2.75) is 72.1 Å². The SMILES string of the molecule is C=C/C=C1/CCC2C(CC)C(CC)CCC2C1CCC. The smallest absolute Gasteiger partial charge is 0.0169 e. The van der Waals surface area contributed by atoms with Crippen LogP contribution in [0.5, 0.6) is 0 Å². The molecule has 0 nitrogen and oxygen atoms in total. The van der Waals surface area contributed by atoms with Crippen LogP contribution in [-0.2, 0) is 0 Å². The van der Waals surface area contributed by atoms with Gasteiger partial charge in [0.25, 0.3) is 0 Å². The maximum absolute atomic E-state index is 3.93. The highest BCUT2D eigenvalue weighted by Gasteiger charge is 2.43. The summed E-state index contributed by atoms with van der Waals surface area (Å²) >= 11 is 0. The van der Waals surface area contributed by atoms with E-state index in [1.54, 1.807) is 5.57 Å². The van der Waals surface area contributed by atoms with Crippen LogP contribution in [0.4, 0.5) is 0 Å². The van der Waals surface area contributed by atoms with Gasteiger partial charge in [0.1, 0.15) is 0 Å². The fraction of sp³-hybridized carbons (Fsp3) is 0.800. The highest BCUT2D eigenvalue weighted by Crippen LogP contribution is 2.53. The van der Waals surface area contributed by atoms with Gasteiger partial charge in [-0.15, -0.1) is 0 Å². The number of hydrogen-bond donors (Lipinski definition) is 0. The zero-order valence-electron chi connectivity index (χ0n) is 13.9. The lowest BCUT2D eigenvalue weighted by Crippen LogP contribution is -2.41. The van der Waals surface area contributed by atoms with Crippen LogP contribution in [0, 0.1) is 29.6 Å². The van der Waals surface area contributed by atoms with Crippen molar-refractivity contribution in [3.05, 3.63) is 24.3 Å². The largest absolute Gasteiger partial charge is 0.0991 e. The third-order valence-electron chi connectivity index (χ3n) is 6.26. The van der Waals surface area contributed by atoms with Crippen molar-refractivity contribution >= 4 is 0 Å². The van der Waals surface area contributed by atoms with Gasteiger partial charge >= 0.3 is 0 Å². The minimum absolute atomic E-state index is 0.864. The van der Waals surface area contributed by atoms with Gasteiger partial charge in [0.15, 0.2) is 0 Å². The molecule has 0 heteroatoms. The summed E-state index contributed by atoms with van der Waals surface area (Å²) < 4.78 is 0. The van der Waals surface area contributed by atoms with Gasteiger partial charge in [-0.1, -0.05) is 64.3 Å². The lowest BCUT2D eigenvalue weighted by Gasteiger charge is -2.50. The predicted molar refractivity (Wildman–Crippen MR) is 89.7 cm³/mol. The maximum Gasteiger partial charge on any atom is -0.0169 e. The van der Waals surface area contributed by atoms with Gasteiger partial charge in [0.05, 0.1) is 0 Å². The molecule has 2 saturated carbocycles. The second kappa shape index (κ2) is 7.48. The van der Waals surface area contributed by atoms with E-state index in [9.17, 15) is 0 Å². The summed E-state index contributed by atoms with van der Waals surface area (Å²) in [6, 6.07) is 0. The zero-order valence-corrected chi connectivity index (χ0v) is 13.9. The Kier molecular flexibility index (Phi) is 5.93. The second-order valence-electron chi connectivity index (χ2n) is 7.06. The van der Waals surface area contributed by atoms with E-state index in [1.165, 1.54) is 51.4 Å². The molecule has 114 valence electrons. The number of fused-ring (bicyclic) bond motifs is 1. The molecule has 0 aromatic carbocycles. The molecule has 0 aromatic rings. The summed E-state index contributed by atoms with van der Waals surface area (Å²) in [6.45, 7) is 11.1. The molecule has 5 unspecified atom stereocenters. The van der Waals surface area contributed by atoms with Gasteiger partial charge in [0.2, 0.25) is 0 Å². The normalized spacial score (nSPS) is 39.5. The first-order chi connectivity index (χ1) is 9.76. The number of allylic oxidation sites excluding steroid dienone is 3. The first kappa shape index (κ1) is 15.9. The van der Waals surface area contributed by atoms with Gasteiger partial charge in [-0.3, -0.25) is 0 Å². The summed E-state index contributed by atoms with van der Waals surface area (Å²) in [5.74, 6) is 4.86. The monoisotopic (exact) mass is 274 g/mol. The van der Waals surface area contributed by atoms with Crippen LogP contribution in [0.2, 0.25) is 0 Å². The lowest BCUT2D eigenvalue weighted by atomic mass is 9.55. The van der Waals surface area contributed by atoms with Crippen molar-refractivity contribution < 1.29 is 0 Å². The first-order valence-electron chi connectivity index (χ1n) is 9.08. The molecule has 0 N–H and O–H groups in total. The molecule has 0 amide bonds. The van der Waals surface area contributed by atoms with E-state index in [0.29, 0.717) is 0 Å². The van der Waals surface area contributed by atoms with E-state index in [2.05, 4.69) is 33.4 Å². The molecular weight excluding hydrogens is 240 g/mol. The minimum Gasteiger partial charge on any atom is -0.0991 e. The summed E-state index contributed by atoms with van der Waals surface area (Å²) in [6.07, 6.45) is 15.6. The molecule has 0 aliphatic heterocycles. The molecule has 0 bridgehead atoms. The van der Waals surface area contributed by atoms with Crippen molar-refractivity contribution in [2.75, 3.05) is 0 Å². The maximum atomic E-state index is 3.93. The Labute approximate surface area is 126 Å². The van der Waals surface area contributed by atoms with Gasteiger partial charge in [0, 0.05) is 0 Å². The minimum atomic E-state index is 0.864. The topological polar surface area (TPSA) is 0 Å². The van der Waals surface area contributed by atoms with E-state index in [0.717, 1.165) is 29.6 Å².